The fraction of sp³-hybridized carbons (Fsp3) is 0.176. The molecule has 1 amide bonds. The van der Waals surface area contributed by atoms with Gasteiger partial charge in [-0.05, 0) is 30.3 Å². The summed E-state index contributed by atoms with van der Waals surface area (Å²) in [6, 6.07) is 11.7. The lowest BCUT2D eigenvalue weighted by molar-refractivity contribution is -0.127. The van der Waals surface area contributed by atoms with Crippen molar-refractivity contribution in [1.82, 2.24) is 14.5 Å². The maximum absolute atomic E-state index is 12.3. The first-order valence-electron chi connectivity index (χ1n) is 7.26. The number of furan rings is 1. The highest BCUT2D eigenvalue weighted by atomic mass is 16.3. The van der Waals surface area contributed by atoms with Crippen LogP contribution < -0.4 is 0 Å². The molecule has 0 spiro atoms. The number of hydrogen-bond acceptors (Lipinski definition) is 3. The lowest BCUT2D eigenvalue weighted by Crippen LogP contribution is -2.37. The molecule has 0 saturated carbocycles. The van der Waals surface area contributed by atoms with E-state index in [9.17, 15) is 4.79 Å². The van der Waals surface area contributed by atoms with Crippen molar-refractivity contribution in [2.75, 3.05) is 6.54 Å². The third kappa shape index (κ3) is 2.20. The Morgan fingerprint density at radius 3 is 2.95 bits per heavy atom. The number of fused-ring (bicyclic) bond motifs is 3. The second kappa shape index (κ2) is 5.18. The van der Waals surface area contributed by atoms with Crippen LogP contribution in [0.1, 0.15) is 11.6 Å². The minimum absolute atomic E-state index is 0.0188. The van der Waals surface area contributed by atoms with E-state index >= 15 is 0 Å². The number of rotatable bonds is 2. The Hall–Kier alpha value is -2.82. The maximum atomic E-state index is 12.3. The molecular formula is C17H15N3O2. The molecule has 0 radical (unpaired) electrons. The normalized spacial score (nSPS) is 14.6. The predicted octanol–water partition coefficient (Wildman–Crippen LogP) is 2.68. The summed E-state index contributed by atoms with van der Waals surface area (Å²) in [4.78, 5) is 18.7. The van der Waals surface area contributed by atoms with Crippen molar-refractivity contribution in [3.8, 4) is 0 Å². The van der Waals surface area contributed by atoms with Crippen LogP contribution in [-0.4, -0.2) is 26.9 Å². The van der Waals surface area contributed by atoms with Crippen LogP contribution in [-0.2, 0) is 17.9 Å². The summed E-state index contributed by atoms with van der Waals surface area (Å²) in [5.41, 5.74) is 2.12. The Morgan fingerprint density at radius 2 is 2.09 bits per heavy atom. The molecule has 0 bridgehead atoms. The molecule has 0 atom stereocenters. The molecule has 0 unspecified atom stereocenters. The van der Waals surface area contributed by atoms with Crippen molar-refractivity contribution in [1.29, 1.82) is 0 Å². The van der Waals surface area contributed by atoms with E-state index in [1.165, 1.54) is 0 Å². The Morgan fingerprint density at radius 1 is 1.18 bits per heavy atom. The molecule has 5 heteroatoms. The zero-order chi connectivity index (χ0) is 14.9. The van der Waals surface area contributed by atoms with Crippen LogP contribution in [0.2, 0.25) is 0 Å². The van der Waals surface area contributed by atoms with Gasteiger partial charge in [0.15, 0.2) is 0 Å². The smallest absolute Gasteiger partial charge is 0.247 e. The summed E-state index contributed by atoms with van der Waals surface area (Å²) in [6.45, 7) is 2.00. The molecule has 22 heavy (non-hydrogen) atoms. The first-order valence-corrected chi connectivity index (χ1v) is 7.26. The number of imidazole rings is 1. The van der Waals surface area contributed by atoms with Crippen LogP contribution in [0.4, 0.5) is 0 Å². The van der Waals surface area contributed by atoms with Gasteiger partial charge in [0.25, 0.3) is 0 Å². The van der Waals surface area contributed by atoms with Gasteiger partial charge in [-0.1, -0.05) is 12.1 Å². The third-order valence-electron chi connectivity index (χ3n) is 3.90. The van der Waals surface area contributed by atoms with Crippen LogP contribution >= 0.6 is 0 Å². The Kier molecular flexibility index (Phi) is 3.04. The Labute approximate surface area is 127 Å². The van der Waals surface area contributed by atoms with Crippen LogP contribution in [0.25, 0.3) is 17.1 Å². The Bertz CT molecular complexity index is 846. The topological polar surface area (TPSA) is 51.3 Å². The summed E-state index contributed by atoms with van der Waals surface area (Å²) < 4.78 is 7.38. The fourth-order valence-electron chi connectivity index (χ4n) is 2.80. The van der Waals surface area contributed by atoms with Crippen LogP contribution in [0.5, 0.6) is 0 Å². The molecule has 3 heterocycles. The van der Waals surface area contributed by atoms with Crippen LogP contribution in [0, 0.1) is 0 Å². The SMILES string of the molecule is O=C(C=Cc1ccco1)N1CCn2c(nc3ccccc32)C1. The van der Waals surface area contributed by atoms with Crippen LogP contribution in [0.3, 0.4) is 0 Å². The molecule has 0 aliphatic carbocycles. The summed E-state index contributed by atoms with van der Waals surface area (Å²) >= 11 is 0. The van der Waals surface area contributed by atoms with Crippen molar-refractivity contribution in [2.24, 2.45) is 0 Å². The van der Waals surface area contributed by atoms with Crippen molar-refractivity contribution in [2.45, 2.75) is 13.1 Å². The number of hydrogen-bond donors (Lipinski definition) is 0. The van der Waals surface area contributed by atoms with Gasteiger partial charge in [0.05, 0.1) is 23.8 Å². The highest BCUT2D eigenvalue weighted by molar-refractivity contribution is 5.91. The first-order chi connectivity index (χ1) is 10.8. The predicted molar refractivity (Wildman–Crippen MR) is 82.9 cm³/mol. The van der Waals surface area contributed by atoms with E-state index < -0.39 is 0 Å². The average Bonchev–Trinajstić information content (AvgIpc) is 3.19. The molecule has 0 fully saturated rings. The maximum Gasteiger partial charge on any atom is 0.247 e. The third-order valence-corrected chi connectivity index (χ3v) is 3.90. The summed E-state index contributed by atoms with van der Waals surface area (Å²) in [5, 5.41) is 0. The van der Waals surface area contributed by atoms with Gasteiger partial charge in [-0.2, -0.15) is 0 Å². The largest absolute Gasteiger partial charge is 0.465 e. The fourth-order valence-corrected chi connectivity index (χ4v) is 2.80. The lowest BCUT2D eigenvalue weighted by atomic mass is 10.3. The zero-order valence-corrected chi connectivity index (χ0v) is 12.0. The standard InChI is InChI=1S/C17H15N3O2/c21-17(8-7-13-4-3-11-22-13)19-9-10-20-15-6-2-1-5-14(15)18-16(20)12-19/h1-8,11H,9-10,12H2. The number of aromatic nitrogens is 2. The van der Waals surface area contributed by atoms with E-state index in [-0.39, 0.29) is 5.91 Å². The van der Waals surface area contributed by atoms with Crippen molar-refractivity contribution >= 4 is 23.0 Å². The molecule has 1 aromatic carbocycles. The minimum atomic E-state index is -0.0188. The number of carbonyl (C=O) groups excluding carboxylic acids is 1. The van der Waals surface area contributed by atoms with Gasteiger partial charge in [-0.15, -0.1) is 0 Å². The van der Waals surface area contributed by atoms with Gasteiger partial charge in [-0.25, -0.2) is 4.98 Å². The number of para-hydroxylation sites is 2. The summed E-state index contributed by atoms with van der Waals surface area (Å²) in [6.07, 6.45) is 4.84. The minimum Gasteiger partial charge on any atom is -0.465 e. The first kappa shape index (κ1) is 12.9. The number of amides is 1. The quantitative estimate of drug-likeness (QED) is 0.683. The van der Waals surface area contributed by atoms with Gasteiger partial charge < -0.3 is 13.9 Å². The van der Waals surface area contributed by atoms with Crippen LogP contribution in [0.15, 0.2) is 53.2 Å². The molecule has 2 aromatic heterocycles. The molecule has 110 valence electrons. The van der Waals surface area contributed by atoms with Gasteiger partial charge >= 0.3 is 0 Å². The molecule has 1 aliphatic heterocycles. The summed E-state index contributed by atoms with van der Waals surface area (Å²) in [5.74, 6) is 1.60. The molecule has 5 nitrogen and oxygen atoms in total. The van der Waals surface area contributed by atoms with Gasteiger partial charge in [0, 0.05) is 19.2 Å². The molecule has 1 aliphatic rings. The van der Waals surface area contributed by atoms with Crippen molar-refractivity contribution in [3.63, 3.8) is 0 Å². The van der Waals surface area contributed by atoms with E-state index in [0.717, 1.165) is 23.4 Å². The number of nitrogens with zero attached hydrogens (tertiary/aromatic N) is 3. The van der Waals surface area contributed by atoms with E-state index in [1.54, 1.807) is 29.4 Å². The molecule has 3 aromatic rings. The number of benzene rings is 1. The van der Waals surface area contributed by atoms with Gasteiger partial charge in [0.1, 0.15) is 11.6 Å². The highest BCUT2D eigenvalue weighted by Gasteiger charge is 2.22. The van der Waals surface area contributed by atoms with E-state index in [2.05, 4.69) is 15.6 Å². The Balaban J connectivity index is 1.55. The molecule has 4 rings (SSSR count). The molecule has 0 N–H and O–H groups in total. The average molecular weight is 293 g/mol. The van der Waals surface area contributed by atoms with E-state index in [0.29, 0.717) is 18.8 Å². The van der Waals surface area contributed by atoms with E-state index in [1.807, 2.05) is 24.3 Å². The van der Waals surface area contributed by atoms with E-state index in [4.69, 9.17) is 4.42 Å². The monoisotopic (exact) mass is 293 g/mol. The molecular weight excluding hydrogens is 278 g/mol. The second-order valence-corrected chi connectivity index (χ2v) is 5.28. The number of carbonyl (C=O) groups is 1. The lowest BCUT2D eigenvalue weighted by Gasteiger charge is -2.27. The summed E-state index contributed by atoms with van der Waals surface area (Å²) in [7, 11) is 0. The molecule has 0 saturated heterocycles. The van der Waals surface area contributed by atoms with Gasteiger partial charge in [0.2, 0.25) is 5.91 Å². The van der Waals surface area contributed by atoms with Gasteiger partial charge in [-0.3, -0.25) is 4.79 Å². The van der Waals surface area contributed by atoms with Crippen molar-refractivity contribution in [3.05, 3.63) is 60.3 Å². The highest BCUT2D eigenvalue weighted by Crippen LogP contribution is 2.20. The zero-order valence-electron chi connectivity index (χ0n) is 12.0. The second-order valence-electron chi connectivity index (χ2n) is 5.28. The van der Waals surface area contributed by atoms with Crippen molar-refractivity contribution < 1.29 is 9.21 Å².